The highest BCUT2D eigenvalue weighted by molar-refractivity contribution is 5.80. The molecule has 0 saturated heterocycles. The maximum absolute atomic E-state index is 9.24. The molecule has 0 saturated carbocycles. The largest absolute Gasteiger partial charge is 0.392 e. The zero-order valence-corrected chi connectivity index (χ0v) is 11.0. The number of hydrogen-bond acceptors (Lipinski definition) is 2. The van der Waals surface area contributed by atoms with Gasteiger partial charge in [-0.2, -0.15) is 5.26 Å². The second-order valence-corrected chi connectivity index (χ2v) is 4.81. The van der Waals surface area contributed by atoms with Gasteiger partial charge in [0.25, 0.3) is 0 Å². The van der Waals surface area contributed by atoms with Crippen LogP contribution in [0.25, 0.3) is 10.9 Å². The molecule has 0 atom stereocenters. The minimum Gasteiger partial charge on any atom is -0.392 e. The second kappa shape index (κ2) is 5.20. The van der Waals surface area contributed by atoms with Gasteiger partial charge < -0.3 is 9.67 Å². The molecule has 0 unspecified atom stereocenters. The fraction of sp³-hybridized carbons (Fsp3) is 0.118. The van der Waals surface area contributed by atoms with E-state index >= 15 is 0 Å². The van der Waals surface area contributed by atoms with Gasteiger partial charge in [-0.15, -0.1) is 0 Å². The molecule has 3 nitrogen and oxygen atoms in total. The van der Waals surface area contributed by atoms with Gasteiger partial charge in [0.05, 0.1) is 18.2 Å². The number of aromatic nitrogens is 1. The molecule has 20 heavy (non-hydrogen) atoms. The molecular weight excluding hydrogens is 248 g/mol. The van der Waals surface area contributed by atoms with Gasteiger partial charge in [-0.05, 0) is 40.8 Å². The predicted molar refractivity (Wildman–Crippen MR) is 78.1 cm³/mol. The van der Waals surface area contributed by atoms with Gasteiger partial charge in [0.2, 0.25) is 0 Å². The number of hydrogen-bond donors (Lipinski definition) is 1. The quantitative estimate of drug-likeness (QED) is 0.788. The highest BCUT2D eigenvalue weighted by Gasteiger charge is 2.03. The number of aliphatic hydroxyl groups excluding tert-OH is 1. The van der Waals surface area contributed by atoms with Crippen molar-refractivity contribution >= 4 is 10.9 Å². The van der Waals surface area contributed by atoms with Crippen LogP contribution < -0.4 is 0 Å². The first-order valence-corrected chi connectivity index (χ1v) is 6.48. The highest BCUT2D eigenvalue weighted by atomic mass is 16.3. The van der Waals surface area contributed by atoms with E-state index in [1.807, 2.05) is 42.6 Å². The number of nitrogens with zero attached hydrogens (tertiary/aromatic N) is 2. The van der Waals surface area contributed by atoms with Crippen LogP contribution in [0.2, 0.25) is 0 Å². The second-order valence-electron chi connectivity index (χ2n) is 4.81. The van der Waals surface area contributed by atoms with Crippen molar-refractivity contribution in [2.24, 2.45) is 0 Å². The van der Waals surface area contributed by atoms with Gasteiger partial charge in [-0.25, -0.2) is 0 Å². The molecule has 98 valence electrons. The first-order valence-electron chi connectivity index (χ1n) is 6.48. The molecule has 0 aliphatic rings. The zero-order valence-electron chi connectivity index (χ0n) is 11.0. The van der Waals surface area contributed by atoms with Crippen molar-refractivity contribution in [2.75, 3.05) is 0 Å². The molecule has 0 fully saturated rings. The summed E-state index contributed by atoms with van der Waals surface area (Å²) < 4.78 is 2.13. The van der Waals surface area contributed by atoms with Crippen LogP contribution in [0.4, 0.5) is 0 Å². The van der Waals surface area contributed by atoms with Gasteiger partial charge >= 0.3 is 0 Å². The Labute approximate surface area is 117 Å². The summed E-state index contributed by atoms with van der Waals surface area (Å²) in [7, 11) is 0. The molecule has 0 spiro atoms. The highest BCUT2D eigenvalue weighted by Crippen LogP contribution is 2.19. The van der Waals surface area contributed by atoms with Gasteiger partial charge in [-0.1, -0.05) is 24.3 Å². The fourth-order valence-corrected chi connectivity index (χ4v) is 2.40. The van der Waals surface area contributed by atoms with Crippen molar-refractivity contribution in [1.29, 1.82) is 5.26 Å². The topological polar surface area (TPSA) is 49.0 Å². The summed E-state index contributed by atoms with van der Waals surface area (Å²) >= 11 is 0. The molecule has 3 rings (SSSR count). The Morgan fingerprint density at radius 2 is 1.95 bits per heavy atom. The Morgan fingerprint density at radius 1 is 1.05 bits per heavy atom. The third kappa shape index (κ3) is 2.29. The lowest BCUT2D eigenvalue weighted by Crippen LogP contribution is -1.98. The molecular formula is C17H14N2O. The van der Waals surface area contributed by atoms with E-state index in [4.69, 9.17) is 5.26 Å². The number of aliphatic hydroxyl groups is 1. The molecule has 2 aromatic carbocycles. The van der Waals surface area contributed by atoms with E-state index in [0.29, 0.717) is 12.1 Å². The first-order chi connectivity index (χ1) is 9.80. The Balaban J connectivity index is 2.00. The number of benzene rings is 2. The fourth-order valence-electron chi connectivity index (χ4n) is 2.40. The van der Waals surface area contributed by atoms with Crippen LogP contribution in [0.1, 0.15) is 16.7 Å². The summed E-state index contributed by atoms with van der Waals surface area (Å²) in [6.45, 7) is 0.763. The number of fused-ring (bicyclic) bond motifs is 1. The smallest absolute Gasteiger partial charge is 0.0991 e. The van der Waals surface area contributed by atoms with Crippen molar-refractivity contribution in [3.8, 4) is 6.07 Å². The lowest BCUT2D eigenvalue weighted by atomic mass is 10.1. The minimum absolute atomic E-state index is 0.0467. The summed E-state index contributed by atoms with van der Waals surface area (Å²) in [5, 5.41) is 19.3. The monoisotopic (exact) mass is 262 g/mol. The third-order valence-corrected chi connectivity index (χ3v) is 3.43. The van der Waals surface area contributed by atoms with Crippen LogP contribution in [0.5, 0.6) is 0 Å². The summed E-state index contributed by atoms with van der Waals surface area (Å²) in [6, 6.07) is 17.8. The lowest BCUT2D eigenvalue weighted by molar-refractivity contribution is 0.282. The van der Waals surface area contributed by atoms with Crippen LogP contribution in [0.15, 0.2) is 54.7 Å². The van der Waals surface area contributed by atoms with Gasteiger partial charge in [0, 0.05) is 18.3 Å². The SMILES string of the molecule is N#Cc1cccc(Cn2ccc3ccc(CO)cc32)c1. The normalized spacial score (nSPS) is 10.6. The van der Waals surface area contributed by atoms with Gasteiger partial charge in [0.1, 0.15) is 0 Å². The number of rotatable bonds is 3. The standard InChI is InChI=1S/C17H14N2O/c18-10-13-2-1-3-14(8-13)11-19-7-6-16-5-4-15(12-20)9-17(16)19/h1-9,20H,11-12H2. The Kier molecular flexibility index (Phi) is 3.24. The molecule has 3 heteroatoms. The van der Waals surface area contributed by atoms with Crippen molar-refractivity contribution in [2.45, 2.75) is 13.2 Å². The maximum atomic E-state index is 9.24. The molecule has 0 aliphatic heterocycles. The molecule has 0 bridgehead atoms. The van der Waals surface area contributed by atoms with E-state index in [0.717, 1.165) is 22.0 Å². The average molecular weight is 262 g/mol. The molecule has 0 amide bonds. The average Bonchev–Trinajstić information content (AvgIpc) is 2.89. The Hall–Kier alpha value is -2.57. The van der Waals surface area contributed by atoms with E-state index in [1.165, 1.54) is 0 Å². The molecule has 0 aliphatic carbocycles. The van der Waals surface area contributed by atoms with Crippen molar-refractivity contribution in [3.63, 3.8) is 0 Å². The van der Waals surface area contributed by atoms with E-state index in [-0.39, 0.29) is 6.61 Å². The van der Waals surface area contributed by atoms with E-state index in [1.54, 1.807) is 6.07 Å². The summed E-state index contributed by atoms with van der Waals surface area (Å²) in [5.41, 5.74) is 3.77. The Morgan fingerprint density at radius 3 is 2.75 bits per heavy atom. The van der Waals surface area contributed by atoms with Crippen LogP contribution in [0.3, 0.4) is 0 Å². The molecule has 1 heterocycles. The minimum atomic E-state index is 0.0467. The van der Waals surface area contributed by atoms with Gasteiger partial charge in [-0.3, -0.25) is 0 Å². The predicted octanol–water partition coefficient (Wildman–Crippen LogP) is 3.05. The lowest BCUT2D eigenvalue weighted by Gasteiger charge is -2.07. The third-order valence-electron chi connectivity index (χ3n) is 3.43. The van der Waals surface area contributed by atoms with Crippen molar-refractivity contribution in [1.82, 2.24) is 4.57 Å². The summed E-state index contributed by atoms with van der Waals surface area (Å²) in [4.78, 5) is 0. The molecule has 0 radical (unpaired) electrons. The van der Waals surface area contributed by atoms with Crippen LogP contribution >= 0.6 is 0 Å². The molecule has 1 N–H and O–H groups in total. The van der Waals surface area contributed by atoms with E-state index in [2.05, 4.69) is 16.7 Å². The first kappa shape index (κ1) is 12.5. The summed E-state index contributed by atoms with van der Waals surface area (Å²) in [5.74, 6) is 0. The van der Waals surface area contributed by atoms with Crippen LogP contribution in [0, 0.1) is 11.3 Å². The summed E-state index contributed by atoms with van der Waals surface area (Å²) in [6.07, 6.45) is 2.03. The molecule has 3 aromatic rings. The molecule has 1 aromatic heterocycles. The Bertz CT molecular complexity index is 796. The van der Waals surface area contributed by atoms with Crippen molar-refractivity contribution in [3.05, 3.63) is 71.4 Å². The number of nitriles is 1. The van der Waals surface area contributed by atoms with Crippen LogP contribution in [-0.4, -0.2) is 9.67 Å². The zero-order chi connectivity index (χ0) is 13.9. The maximum Gasteiger partial charge on any atom is 0.0991 e. The van der Waals surface area contributed by atoms with Gasteiger partial charge in [0.15, 0.2) is 0 Å². The van der Waals surface area contributed by atoms with E-state index < -0.39 is 0 Å². The van der Waals surface area contributed by atoms with Crippen molar-refractivity contribution < 1.29 is 5.11 Å². The van der Waals surface area contributed by atoms with Crippen LogP contribution in [-0.2, 0) is 13.2 Å². The van der Waals surface area contributed by atoms with E-state index in [9.17, 15) is 5.11 Å².